The molecule has 0 bridgehead atoms. The SMILES string of the molecule is Cc1nc(Cn2cnc3sc4c(c3c2=O)CCC4)sc1C(=O)O. The third-order valence-corrected chi connectivity index (χ3v) is 6.36. The molecular weight excluding hydrogens is 334 g/mol. The van der Waals surface area contributed by atoms with Gasteiger partial charge in [-0.3, -0.25) is 9.36 Å². The second-order valence-corrected chi connectivity index (χ2v) is 7.71. The van der Waals surface area contributed by atoms with Gasteiger partial charge in [-0.25, -0.2) is 14.8 Å². The van der Waals surface area contributed by atoms with Crippen LogP contribution in [-0.2, 0) is 19.4 Å². The summed E-state index contributed by atoms with van der Waals surface area (Å²) in [5.41, 5.74) is 1.58. The molecule has 6 nitrogen and oxygen atoms in total. The van der Waals surface area contributed by atoms with E-state index in [-0.39, 0.29) is 17.0 Å². The lowest BCUT2D eigenvalue weighted by Crippen LogP contribution is -2.21. The summed E-state index contributed by atoms with van der Waals surface area (Å²) in [5.74, 6) is -0.983. The van der Waals surface area contributed by atoms with E-state index >= 15 is 0 Å². The fourth-order valence-electron chi connectivity index (χ4n) is 3.00. The number of carboxylic acid groups (broad SMARTS) is 1. The van der Waals surface area contributed by atoms with Gasteiger partial charge in [0, 0.05) is 4.88 Å². The number of aryl methyl sites for hydroxylation is 3. The van der Waals surface area contributed by atoms with Crippen molar-refractivity contribution < 1.29 is 9.90 Å². The molecule has 3 heterocycles. The van der Waals surface area contributed by atoms with Crippen LogP contribution in [0.1, 0.15) is 37.2 Å². The van der Waals surface area contributed by atoms with Crippen LogP contribution in [0.3, 0.4) is 0 Å². The second-order valence-electron chi connectivity index (χ2n) is 5.54. The Morgan fingerprint density at radius 3 is 2.96 bits per heavy atom. The summed E-state index contributed by atoms with van der Waals surface area (Å²) in [6.07, 6.45) is 4.60. The quantitative estimate of drug-likeness (QED) is 0.787. The summed E-state index contributed by atoms with van der Waals surface area (Å²) < 4.78 is 1.53. The van der Waals surface area contributed by atoms with Crippen molar-refractivity contribution in [3.8, 4) is 0 Å². The first-order valence-corrected chi connectivity index (χ1v) is 8.87. The first-order valence-electron chi connectivity index (χ1n) is 7.24. The number of hydrogen-bond donors (Lipinski definition) is 1. The van der Waals surface area contributed by atoms with Crippen LogP contribution in [0.4, 0.5) is 0 Å². The van der Waals surface area contributed by atoms with Crippen molar-refractivity contribution in [3.63, 3.8) is 0 Å². The van der Waals surface area contributed by atoms with E-state index < -0.39 is 5.97 Å². The Morgan fingerprint density at radius 1 is 1.39 bits per heavy atom. The predicted octanol–water partition coefficient (Wildman–Crippen LogP) is 2.46. The maximum atomic E-state index is 12.8. The molecule has 1 aliphatic carbocycles. The average molecular weight is 347 g/mol. The minimum atomic E-state index is -0.983. The Kier molecular flexibility index (Phi) is 3.31. The molecular formula is C15H13N3O3S2. The number of hydrogen-bond acceptors (Lipinski definition) is 6. The molecule has 3 aromatic heterocycles. The molecule has 3 aromatic rings. The molecule has 4 rings (SSSR count). The van der Waals surface area contributed by atoms with Crippen molar-refractivity contribution in [2.75, 3.05) is 0 Å². The number of fused-ring (bicyclic) bond motifs is 3. The zero-order valence-electron chi connectivity index (χ0n) is 12.3. The topological polar surface area (TPSA) is 85.1 Å². The van der Waals surface area contributed by atoms with E-state index in [2.05, 4.69) is 9.97 Å². The lowest BCUT2D eigenvalue weighted by Gasteiger charge is -2.03. The first kappa shape index (κ1) is 14.5. The maximum absolute atomic E-state index is 12.8. The molecule has 0 saturated heterocycles. The molecule has 0 amide bonds. The van der Waals surface area contributed by atoms with Crippen LogP contribution in [0, 0.1) is 6.92 Å². The van der Waals surface area contributed by atoms with Gasteiger partial charge in [0.1, 0.15) is 14.7 Å². The minimum Gasteiger partial charge on any atom is -0.477 e. The molecule has 1 aliphatic rings. The van der Waals surface area contributed by atoms with Gasteiger partial charge in [-0.05, 0) is 31.7 Å². The third kappa shape index (κ3) is 2.29. The standard InChI is InChI=1S/C15H13N3O3S2/c1-7-12(15(20)21)23-10(17-7)5-18-6-16-13-11(14(18)19)8-3-2-4-9(8)22-13/h6H,2-5H2,1H3,(H,20,21). The van der Waals surface area contributed by atoms with Gasteiger partial charge in [-0.15, -0.1) is 22.7 Å². The first-order chi connectivity index (χ1) is 11.0. The Bertz CT molecular complexity index is 999. The molecule has 0 spiro atoms. The van der Waals surface area contributed by atoms with Crippen LogP contribution >= 0.6 is 22.7 Å². The normalized spacial score (nSPS) is 13.6. The molecule has 0 radical (unpaired) electrons. The van der Waals surface area contributed by atoms with Gasteiger partial charge < -0.3 is 5.11 Å². The van der Waals surface area contributed by atoms with E-state index in [1.165, 1.54) is 15.8 Å². The fraction of sp³-hybridized carbons (Fsp3) is 0.333. The highest BCUT2D eigenvalue weighted by molar-refractivity contribution is 7.18. The molecule has 23 heavy (non-hydrogen) atoms. The van der Waals surface area contributed by atoms with Crippen LogP contribution in [0.15, 0.2) is 11.1 Å². The zero-order valence-corrected chi connectivity index (χ0v) is 14.0. The van der Waals surface area contributed by atoms with E-state index in [1.54, 1.807) is 18.3 Å². The van der Waals surface area contributed by atoms with Crippen molar-refractivity contribution in [3.05, 3.63) is 42.7 Å². The molecule has 0 aliphatic heterocycles. The summed E-state index contributed by atoms with van der Waals surface area (Å²) in [5, 5.41) is 10.4. The maximum Gasteiger partial charge on any atom is 0.347 e. The minimum absolute atomic E-state index is 0.0564. The number of rotatable bonds is 3. The number of thiazole rings is 1. The summed E-state index contributed by atoms with van der Waals surface area (Å²) in [4.78, 5) is 34.9. The number of carboxylic acids is 1. The average Bonchev–Trinajstić information content (AvgIpc) is 3.15. The summed E-state index contributed by atoms with van der Waals surface area (Å²) >= 11 is 2.72. The number of aromatic carboxylic acids is 1. The van der Waals surface area contributed by atoms with Gasteiger partial charge in [0.05, 0.1) is 24.0 Å². The van der Waals surface area contributed by atoms with Crippen LogP contribution in [0.5, 0.6) is 0 Å². The number of thiophene rings is 1. The summed E-state index contributed by atoms with van der Waals surface area (Å²) in [6.45, 7) is 1.92. The molecule has 1 N–H and O–H groups in total. The van der Waals surface area contributed by atoms with E-state index in [4.69, 9.17) is 5.11 Å². The number of aromatic nitrogens is 3. The Morgan fingerprint density at radius 2 is 2.22 bits per heavy atom. The Labute approximate surface area is 139 Å². The Hall–Kier alpha value is -2.06. The highest BCUT2D eigenvalue weighted by Gasteiger charge is 2.22. The van der Waals surface area contributed by atoms with E-state index in [1.807, 2.05) is 0 Å². The van der Waals surface area contributed by atoms with Crippen LogP contribution in [0.2, 0.25) is 0 Å². The van der Waals surface area contributed by atoms with Crippen molar-refractivity contribution >= 4 is 38.9 Å². The molecule has 0 aromatic carbocycles. The molecule has 0 saturated carbocycles. The summed E-state index contributed by atoms with van der Waals surface area (Å²) in [6, 6.07) is 0. The van der Waals surface area contributed by atoms with E-state index in [0.717, 1.165) is 46.4 Å². The van der Waals surface area contributed by atoms with Crippen LogP contribution in [-0.4, -0.2) is 25.6 Å². The van der Waals surface area contributed by atoms with Crippen molar-refractivity contribution in [1.29, 1.82) is 0 Å². The van der Waals surface area contributed by atoms with Gasteiger partial charge >= 0.3 is 5.97 Å². The van der Waals surface area contributed by atoms with Gasteiger partial charge in [-0.2, -0.15) is 0 Å². The van der Waals surface area contributed by atoms with Crippen molar-refractivity contribution in [1.82, 2.24) is 14.5 Å². The van der Waals surface area contributed by atoms with Crippen LogP contribution < -0.4 is 5.56 Å². The number of nitrogens with zero attached hydrogens (tertiary/aromatic N) is 3. The van der Waals surface area contributed by atoms with Gasteiger partial charge in [0.25, 0.3) is 5.56 Å². The third-order valence-electron chi connectivity index (χ3n) is 4.03. The monoisotopic (exact) mass is 347 g/mol. The Balaban J connectivity index is 1.78. The van der Waals surface area contributed by atoms with E-state index in [9.17, 15) is 9.59 Å². The fourth-order valence-corrected chi connectivity index (χ4v) is 5.12. The van der Waals surface area contributed by atoms with Gasteiger partial charge in [0.15, 0.2) is 0 Å². The van der Waals surface area contributed by atoms with Crippen LogP contribution in [0.25, 0.3) is 10.2 Å². The van der Waals surface area contributed by atoms with Gasteiger partial charge in [0.2, 0.25) is 0 Å². The highest BCUT2D eigenvalue weighted by atomic mass is 32.1. The largest absolute Gasteiger partial charge is 0.477 e. The predicted molar refractivity (Wildman–Crippen MR) is 88.8 cm³/mol. The second kappa shape index (κ2) is 5.24. The molecule has 0 unspecified atom stereocenters. The zero-order chi connectivity index (χ0) is 16.1. The smallest absolute Gasteiger partial charge is 0.347 e. The lowest BCUT2D eigenvalue weighted by atomic mass is 10.2. The molecule has 8 heteroatoms. The van der Waals surface area contributed by atoms with Crippen molar-refractivity contribution in [2.45, 2.75) is 32.7 Å². The molecule has 0 atom stereocenters. The highest BCUT2D eigenvalue weighted by Crippen LogP contribution is 2.34. The number of carbonyl (C=O) groups is 1. The van der Waals surface area contributed by atoms with Crippen molar-refractivity contribution in [2.24, 2.45) is 0 Å². The van der Waals surface area contributed by atoms with E-state index in [0.29, 0.717) is 10.7 Å². The van der Waals surface area contributed by atoms with Gasteiger partial charge in [-0.1, -0.05) is 0 Å². The molecule has 118 valence electrons. The summed E-state index contributed by atoms with van der Waals surface area (Å²) in [7, 11) is 0. The lowest BCUT2D eigenvalue weighted by molar-refractivity contribution is 0.0701. The molecule has 0 fully saturated rings.